The molecule has 0 atom stereocenters. The molecular formula is C36H64O4Si2Ti. The van der Waals surface area contributed by atoms with Crippen LogP contribution >= 0.6 is 0 Å². The molecule has 0 unspecified atom stereocenters. The Kier molecular flexibility index (Phi) is 19.4. The second kappa shape index (κ2) is 21.8. The third-order valence-electron chi connectivity index (χ3n) is 8.57. The zero-order valence-corrected chi connectivity index (χ0v) is 32.2. The molecule has 2 aromatic rings. The maximum absolute atomic E-state index is 7.83. The van der Waals surface area contributed by atoms with Crippen LogP contribution in [0.15, 0.2) is 60.7 Å². The first-order valence-corrected chi connectivity index (χ1v) is 25.4. The molecule has 7 heteroatoms. The molecule has 0 aliphatic rings. The zero-order valence-electron chi connectivity index (χ0n) is 28.6. The Bertz CT molecular complexity index is 826. The van der Waals surface area contributed by atoms with E-state index < -0.39 is 34.8 Å². The Morgan fingerprint density at radius 1 is 0.419 bits per heavy atom. The molecule has 0 spiro atoms. The van der Waals surface area contributed by atoms with Gasteiger partial charge in [0, 0.05) is 0 Å². The third kappa shape index (κ3) is 14.0. The Labute approximate surface area is 273 Å². The first-order valence-electron chi connectivity index (χ1n) is 17.8. The van der Waals surface area contributed by atoms with Crippen molar-refractivity contribution >= 4 is 16.6 Å². The molecule has 0 aromatic heterocycles. The van der Waals surface area contributed by atoms with Gasteiger partial charge in [0.2, 0.25) is 0 Å². The molecule has 0 heterocycles. The zero-order chi connectivity index (χ0) is 31.3. The molecule has 43 heavy (non-hydrogen) atoms. The van der Waals surface area contributed by atoms with E-state index in [0.717, 1.165) is 47.8 Å². The predicted molar refractivity (Wildman–Crippen MR) is 186 cm³/mol. The van der Waals surface area contributed by atoms with Crippen LogP contribution in [0.2, 0.25) is 36.3 Å². The van der Waals surface area contributed by atoms with E-state index in [0.29, 0.717) is 0 Å². The summed E-state index contributed by atoms with van der Waals surface area (Å²) in [7, 11) is -4.53. The van der Waals surface area contributed by atoms with E-state index in [1.165, 1.54) is 77.0 Å². The molecule has 0 fully saturated rings. The summed E-state index contributed by atoms with van der Waals surface area (Å²) in [6.45, 7) is 13.9. The van der Waals surface area contributed by atoms with E-state index in [-0.39, 0.29) is 0 Å². The Morgan fingerprint density at radius 2 is 0.674 bits per heavy atom. The van der Waals surface area contributed by atoms with Gasteiger partial charge in [-0.25, -0.2) is 0 Å². The molecule has 4 nitrogen and oxygen atoms in total. The van der Waals surface area contributed by atoms with E-state index >= 15 is 0 Å². The van der Waals surface area contributed by atoms with Crippen molar-refractivity contribution in [2.24, 2.45) is 0 Å². The number of para-hydroxylation sites is 2. The van der Waals surface area contributed by atoms with E-state index in [1.807, 2.05) is 12.1 Å². The van der Waals surface area contributed by atoms with Crippen molar-refractivity contribution < 1.29 is 30.8 Å². The van der Waals surface area contributed by atoms with Crippen molar-refractivity contribution in [2.75, 3.05) is 0 Å². The van der Waals surface area contributed by atoms with Crippen molar-refractivity contribution in [1.82, 2.24) is 0 Å². The summed E-state index contributed by atoms with van der Waals surface area (Å²) in [5, 5.41) is 0. The maximum atomic E-state index is 7.83. The molecule has 244 valence electrons. The van der Waals surface area contributed by atoms with Gasteiger partial charge < -0.3 is 0 Å². The standard InChI is InChI=1S/2C12H27OSi.2C6H6O.Ti/c2*1-4-7-10-14(13,11-8-5-2)12-9-6-3;2*7-6-4-2-1-3-5-6;/h2*4-12H2,1-3H3;2*1-5,7H;/q2*-1;;;+4/p-2. The molecule has 0 amide bonds. The summed E-state index contributed by atoms with van der Waals surface area (Å²) >= 11 is -4.47. The number of hydrogen-bond acceptors (Lipinski definition) is 4. The fraction of sp³-hybridized carbons (Fsp3) is 0.667. The molecule has 0 aliphatic carbocycles. The van der Waals surface area contributed by atoms with Crippen molar-refractivity contribution in [3.63, 3.8) is 0 Å². The summed E-state index contributed by atoms with van der Waals surface area (Å²) in [4.78, 5) is 0. The van der Waals surface area contributed by atoms with E-state index in [4.69, 9.17) is 12.7 Å². The average Bonchev–Trinajstić information content (AvgIpc) is 3.03. The fourth-order valence-electron chi connectivity index (χ4n) is 5.97. The van der Waals surface area contributed by atoms with Crippen molar-refractivity contribution in [2.45, 2.75) is 155 Å². The van der Waals surface area contributed by atoms with Gasteiger partial charge in [-0.1, -0.05) is 0 Å². The second-order valence-corrected chi connectivity index (χ2v) is 24.8. The number of hydrogen-bond donors (Lipinski definition) is 0. The Morgan fingerprint density at radius 3 is 0.907 bits per heavy atom. The summed E-state index contributed by atoms with van der Waals surface area (Å²) < 4.78 is 30.0. The molecule has 0 radical (unpaired) electrons. The van der Waals surface area contributed by atoms with Crippen LogP contribution in [0.4, 0.5) is 0 Å². The SMILES string of the molecule is CCCC[Si](CCCC)(CCCC)[O][Ti]([O]c1ccccc1)([O]c1ccccc1)[O][Si](CCCC)(CCCC)CCCC. The molecule has 0 saturated carbocycles. The topological polar surface area (TPSA) is 36.9 Å². The first-order chi connectivity index (χ1) is 20.9. The van der Waals surface area contributed by atoms with Gasteiger partial charge in [-0.2, -0.15) is 0 Å². The quantitative estimate of drug-likeness (QED) is 0.0938. The summed E-state index contributed by atoms with van der Waals surface area (Å²) in [5.41, 5.74) is 0. The third-order valence-corrected chi connectivity index (χ3v) is 25.4. The molecular weight excluding hydrogens is 600 g/mol. The predicted octanol–water partition coefficient (Wildman–Crippen LogP) is 12.7. The van der Waals surface area contributed by atoms with Crippen LogP contribution in [0.5, 0.6) is 11.5 Å². The number of rotatable bonds is 26. The van der Waals surface area contributed by atoms with Gasteiger partial charge in [-0.05, 0) is 0 Å². The molecule has 0 bridgehead atoms. The van der Waals surface area contributed by atoms with E-state index in [1.54, 1.807) is 0 Å². The molecule has 0 aliphatic heterocycles. The van der Waals surface area contributed by atoms with E-state index in [2.05, 4.69) is 90.1 Å². The average molecular weight is 665 g/mol. The summed E-state index contributed by atoms with van der Waals surface area (Å²) in [5.74, 6) is 1.62. The van der Waals surface area contributed by atoms with Crippen LogP contribution in [-0.4, -0.2) is 16.6 Å². The van der Waals surface area contributed by atoms with Crippen molar-refractivity contribution in [1.29, 1.82) is 0 Å². The first kappa shape index (κ1) is 38.3. The van der Waals surface area contributed by atoms with Crippen LogP contribution < -0.4 is 6.64 Å². The summed E-state index contributed by atoms with van der Waals surface area (Å²) in [6, 6.07) is 27.5. The van der Waals surface area contributed by atoms with Crippen LogP contribution in [-0.2, 0) is 24.2 Å². The van der Waals surface area contributed by atoms with Gasteiger partial charge in [-0.3, -0.25) is 0 Å². The van der Waals surface area contributed by atoms with Gasteiger partial charge >= 0.3 is 274 Å². The molecule has 0 N–H and O–H groups in total. The van der Waals surface area contributed by atoms with Crippen LogP contribution in [0, 0.1) is 0 Å². The van der Waals surface area contributed by atoms with Crippen molar-refractivity contribution in [3.05, 3.63) is 60.7 Å². The minimum absolute atomic E-state index is 0.812. The van der Waals surface area contributed by atoms with Crippen LogP contribution in [0.1, 0.15) is 119 Å². The normalized spacial score (nSPS) is 12.4. The van der Waals surface area contributed by atoms with Gasteiger partial charge in [0.25, 0.3) is 0 Å². The number of benzene rings is 2. The fourth-order valence-corrected chi connectivity index (χ4v) is 26.1. The van der Waals surface area contributed by atoms with Crippen LogP contribution in [0.3, 0.4) is 0 Å². The van der Waals surface area contributed by atoms with E-state index in [9.17, 15) is 0 Å². The van der Waals surface area contributed by atoms with Crippen LogP contribution in [0.25, 0.3) is 0 Å². The van der Waals surface area contributed by atoms with Gasteiger partial charge in [0.15, 0.2) is 0 Å². The minimum atomic E-state index is -4.47. The monoisotopic (exact) mass is 664 g/mol. The molecule has 2 rings (SSSR count). The second-order valence-electron chi connectivity index (χ2n) is 12.5. The molecule has 0 saturated heterocycles. The Balaban J connectivity index is 2.80. The number of unbranched alkanes of at least 4 members (excludes halogenated alkanes) is 6. The Hall–Kier alpha value is -0.892. The van der Waals surface area contributed by atoms with Crippen molar-refractivity contribution in [3.8, 4) is 11.5 Å². The molecule has 2 aromatic carbocycles. The van der Waals surface area contributed by atoms with Gasteiger partial charge in [-0.15, -0.1) is 0 Å². The van der Waals surface area contributed by atoms with Gasteiger partial charge in [0.1, 0.15) is 0 Å². The summed E-state index contributed by atoms with van der Waals surface area (Å²) in [6.07, 6.45) is 14.2. The van der Waals surface area contributed by atoms with Gasteiger partial charge in [0.05, 0.1) is 0 Å².